The van der Waals surface area contributed by atoms with Crippen molar-refractivity contribution in [3.05, 3.63) is 59.2 Å². The molecule has 1 aromatic heterocycles. The second-order valence-corrected chi connectivity index (χ2v) is 9.08. The van der Waals surface area contributed by atoms with Crippen molar-refractivity contribution in [2.45, 2.75) is 45.2 Å². The van der Waals surface area contributed by atoms with E-state index in [0.717, 1.165) is 30.6 Å². The number of rotatable bonds is 11. The second-order valence-electron chi connectivity index (χ2n) is 8.59. The number of benzene rings is 1. The Hall–Kier alpha value is -2.58. The molecule has 0 radical (unpaired) electrons. The van der Waals surface area contributed by atoms with Crippen LogP contribution in [0.1, 0.15) is 49.0 Å². The minimum absolute atomic E-state index is 0.101. The summed E-state index contributed by atoms with van der Waals surface area (Å²) in [5, 5.41) is 6.15. The molecule has 1 atom stereocenters. The summed E-state index contributed by atoms with van der Waals surface area (Å²) in [6.07, 6.45) is 6.00. The third-order valence-corrected chi connectivity index (χ3v) is 6.05. The molecule has 32 heavy (non-hydrogen) atoms. The van der Waals surface area contributed by atoms with Gasteiger partial charge in [-0.15, -0.1) is 0 Å². The number of thiocarbonyl (C=S) groups is 1. The lowest BCUT2D eigenvalue weighted by molar-refractivity contribution is 0.215. The minimum atomic E-state index is -0.302. The maximum absolute atomic E-state index is 14.0. The molecule has 2 aliphatic rings. The maximum atomic E-state index is 14.0. The zero-order chi connectivity index (χ0) is 22.5. The molecule has 1 saturated heterocycles. The number of pyridine rings is 1. The van der Waals surface area contributed by atoms with Crippen molar-refractivity contribution in [1.29, 1.82) is 0 Å². The third kappa shape index (κ3) is 6.23. The first-order chi connectivity index (χ1) is 15.5. The van der Waals surface area contributed by atoms with E-state index in [2.05, 4.69) is 22.5 Å². The fourth-order valence-electron chi connectivity index (χ4n) is 3.70. The largest absolute Gasteiger partial charge is 0.490 e. The Kier molecular flexibility index (Phi) is 7.32. The van der Waals surface area contributed by atoms with Gasteiger partial charge in [-0.3, -0.25) is 4.98 Å². The Morgan fingerprint density at radius 2 is 2.19 bits per heavy atom. The molecule has 4 rings (SSSR count). The molecular formula is C24H29FN4O2S. The van der Waals surface area contributed by atoms with Gasteiger partial charge < -0.3 is 20.3 Å². The highest BCUT2D eigenvalue weighted by atomic mass is 32.1. The van der Waals surface area contributed by atoms with E-state index in [-0.39, 0.29) is 17.9 Å². The molecule has 1 aliphatic heterocycles. The lowest BCUT2D eigenvalue weighted by atomic mass is 10.1. The molecule has 1 aromatic carbocycles. The van der Waals surface area contributed by atoms with Gasteiger partial charge in [0.2, 0.25) is 0 Å². The molecule has 2 fully saturated rings. The Labute approximate surface area is 193 Å². The molecular weight excluding hydrogens is 427 g/mol. The van der Waals surface area contributed by atoms with Crippen molar-refractivity contribution < 1.29 is 13.9 Å². The SMILES string of the molecule is C[C@@H](NCCCc1ccnc(CN2CC(=S)NC2=O)c1)c1ccc(F)c(OCC2CC2)c1. The number of carbonyl (C=O) groups excluding carboxylic acids is 1. The van der Waals surface area contributed by atoms with Gasteiger partial charge in [0.25, 0.3) is 0 Å². The molecule has 2 amide bonds. The molecule has 2 N–H and O–H groups in total. The van der Waals surface area contributed by atoms with Gasteiger partial charge in [-0.2, -0.15) is 0 Å². The fraction of sp³-hybridized carbons (Fsp3) is 0.458. The summed E-state index contributed by atoms with van der Waals surface area (Å²) >= 11 is 5.05. The summed E-state index contributed by atoms with van der Waals surface area (Å²) in [6, 6.07) is 9.09. The molecule has 0 bridgehead atoms. The average molecular weight is 457 g/mol. The van der Waals surface area contributed by atoms with Gasteiger partial charge in [-0.1, -0.05) is 18.3 Å². The standard InChI is InChI=1S/C24H29FN4O2S/c1-16(19-6-7-21(25)22(12-19)31-15-18-4-5-18)26-9-2-3-17-8-10-27-20(11-17)13-29-14-23(32)28-24(29)30/h6-8,10-12,16,18,26H,2-5,9,13-15H2,1H3,(H,28,30,32)/t16-/m1/s1. The van der Waals surface area contributed by atoms with E-state index < -0.39 is 0 Å². The number of amides is 2. The van der Waals surface area contributed by atoms with Crippen molar-refractivity contribution >= 4 is 23.2 Å². The topological polar surface area (TPSA) is 66.5 Å². The highest BCUT2D eigenvalue weighted by molar-refractivity contribution is 7.80. The van der Waals surface area contributed by atoms with Crippen LogP contribution in [0.25, 0.3) is 0 Å². The Morgan fingerprint density at radius 1 is 1.34 bits per heavy atom. The number of nitrogens with one attached hydrogen (secondary N) is 2. The van der Waals surface area contributed by atoms with Gasteiger partial charge in [-0.25, -0.2) is 9.18 Å². The average Bonchev–Trinajstić information content (AvgIpc) is 3.55. The van der Waals surface area contributed by atoms with Gasteiger partial charge >= 0.3 is 6.03 Å². The molecule has 1 saturated carbocycles. The van der Waals surface area contributed by atoms with Gasteiger partial charge in [0.05, 0.1) is 25.4 Å². The predicted octanol–water partition coefficient (Wildman–Crippen LogP) is 4.15. The lowest BCUT2D eigenvalue weighted by Gasteiger charge is -2.16. The maximum Gasteiger partial charge on any atom is 0.323 e. The van der Waals surface area contributed by atoms with Crippen molar-refractivity contribution in [2.24, 2.45) is 5.92 Å². The monoisotopic (exact) mass is 456 g/mol. The summed E-state index contributed by atoms with van der Waals surface area (Å²) in [7, 11) is 0. The smallest absolute Gasteiger partial charge is 0.323 e. The van der Waals surface area contributed by atoms with Crippen LogP contribution in [0.3, 0.4) is 0 Å². The van der Waals surface area contributed by atoms with Crippen LogP contribution in [0.15, 0.2) is 36.5 Å². The van der Waals surface area contributed by atoms with Gasteiger partial charge in [0.1, 0.15) is 4.99 Å². The highest BCUT2D eigenvalue weighted by Gasteiger charge is 2.24. The zero-order valence-corrected chi connectivity index (χ0v) is 19.1. The summed E-state index contributed by atoms with van der Waals surface area (Å²) in [6.45, 7) is 4.40. The van der Waals surface area contributed by atoms with Crippen LogP contribution in [0.2, 0.25) is 0 Å². The highest BCUT2D eigenvalue weighted by Crippen LogP contribution is 2.31. The first-order valence-electron chi connectivity index (χ1n) is 11.2. The van der Waals surface area contributed by atoms with Crippen LogP contribution in [0, 0.1) is 11.7 Å². The molecule has 1 aliphatic carbocycles. The number of urea groups is 1. The number of hydrogen-bond acceptors (Lipinski definition) is 5. The Bertz CT molecular complexity index is 982. The van der Waals surface area contributed by atoms with Gasteiger partial charge in [-0.05, 0) is 80.5 Å². The van der Waals surface area contributed by atoms with Crippen LogP contribution >= 0.6 is 12.2 Å². The number of carbonyl (C=O) groups is 1. The molecule has 2 heterocycles. The first-order valence-corrected chi connectivity index (χ1v) is 11.6. The molecule has 0 spiro atoms. The first kappa shape index (κ1) is 22.6. The minimum Gasteiger partial charge on any atom is -0.490 e. The summed E-state index contributed by atoms with van der Waals surface area (Å²) in [4.78, 5) is 18.4. The number of aryl methyl sites for hydroxylation is 1. The van der Waals surface area contributed by atoms with Crippen LogP contribution < -0.4 is 15.4 Å². The van der Waals surface area contributed by atoms with Crippen molar-refractivity contribution in [1.82, 2.24) is 20.5 Å². The Morgan fingerprint density at radius 3 is 2.94 bits per heavy atom. The predicted molar refractivity (Wildman–Crippen MR) is 125 cm³/mol. The van der Waals surface area contributed by atoms with E-state index in [0.29, 0.717) is 36.4 Å². The molecule has 0 unspecified atom stereocenters. The number of hydrogen-bond donors (Lipinski definition) is 2. The Balaban J connectivity index is 1.23. The summed E-state index contributed by atoms with van der Waals surface area (Å²) < 4.78 is 19.7. The van der Waals surface area contributed by atoms with E-state index >= 15 is 0 Å². The lowest BCUT2D eigenvalue weighted by Crippen LogP contribution is -2.28. The number of halogens is 1. The van der Waals surface area contributed by atoms with Crippen molar-refractivity contribution in [3.63, 3.8) is 0 Å². The second kappa shape index (κ2) is 10.4. The summed E-state index contributed by atoms with van der Waals surface area (Å²) in [5.41, 5.74) is 3.06. The van der Waals surface area contributed by atoms with Gasteiger partial charge in [0.15, 0.2) is 11.6 Å². The van der Waals surface area contributed by atoms with E-state index in [9.17, 15) is 9.18 Å². The normalized spacial score (nSPS) is 16.9. The zero-order valence-electron chi connectivity index (χ0n) is 18.3. The van der Waals surface area contributed by atoms with Gasteiger partial charge in [0, 0.05) is 12.2 Å². The summed E-state index contributed by atoms with van der Waals surface area (Å²) in [5.74, 6) is 0.635. The molecule has 6 nitrogen and oxygen atoms in total. The van der Waals surface area contributed by atoms with Crippen molar-refractivity contribution in [3.8, 4) is 5.75 Å². The number of aromatic nitrogens is 1. The van der Waals surface area contributed by atoms with Crippen molar-refractivity contribution in [2.75, 3.05) is 19.7 Å². The van der Waals surface area contributed by atoms with E-state index in [1.165, 1.54) is 24.5 Å². The third-order valence-electron chi connectivity index (χ3n) is 5.82. The number of ether oxygens (including phenoxy) is 1. The van der Waals surface area contributed by atoms with Crippen LogP contribution in [0.5, 0.6) is 5.75 Å². The molecule has 2 aromatic rings. The van der Waals surface area contributed by atoms with E-state index in [1.54, 1.807) is 11.1 Å². The van der Waals surface area contributed by atoms with Crippen LogP contribution in [-0.4, -0.2) is 40.6 Å². The van der Waals surface area contributed by atoms with Crippen LogP contribution in [0.4, 0.5) is 9.18 Å². The fourth-order valence-corrected chi connectivity index (χ4v) is 3.94. The van der Waals surface area contributed by atoms with Crippen LogP contribution in [-0.2, 0) is 13.0 Å². The molecule has 8 heteroatoms. The van der Waals surface area contributed by atoms with E-state index in [1.807, 2.05) is 24.3 Å². The quantitative estimate of drug-likeness (QED) is 0.393. The number of nitrogens with zero attached hydrogens (tertiary/aromatic N) is 2. The van der Waals surface area contributed by atoms with E-state index in [4.69, 9.17) is 17.0 Å². The molecule has 170 valence electrons.